The van der Waals surface area contributed by atoms with Crippen molar-refractivity contribution in [1.29, 1.82) is 5.41 Å². The number of alkyl halides is 3. The monoisotopic (exact) mass is 459 g/mol. The van der Waals surface area contributed by atoms with Crippen LogP contribution in [0, 0.1) is 17.2 Å². The maximum atomic E-state index is 12.5. The van der Waals surface area contributed by atoms with Gasteiger partial charge in [-0.05, 0) is 19.8 Å². The number of hydrogen-bond donors (Lipinski definition) is 1. The van der Waals surface area contributed by atoms with Gasteiger partial charge in [0, 0.05) is 6.42 Å². The topological polar surface area (TPSA) is 87.1 Å². The molecule has 2 fully saturated rings. The molecule has 0 bridgehead atoms. The lowest BCUT2D eigenvalue weighted by molar-refractivity contribution is -0.369. The molecule has 0 spiro atoms. The van der Waals surface area contributed by atoms with Gasteiger partial charge >= 0.3 is 5.97 Å². The standard InChI is InChI=1S/C18H28Cl3NO6/c1-6-9(2)7-12(23)26-13-10(3)15(27-16(22)18(19,20)21)25-11-8-24-17(4,5)28-14(11)13/h9-11,13-15,22H,6-8H2,1-5H3/t9-,10?,11?,13-,14-,15?/m1/s1. The molecule has 0 aromatic rings. The molecule has 7 nitrogen and oxygen atoms in total. The van der Waals surface area contributed by atoms with Gasteiger partial charge < -0.3 is 23.7 Å². The van der Waals surface area contributed by atoms with Crippen LogP contribution < -0.4 is 0 Å². The summed E-state index contributed by atoms with van der Waals surface area (Å²) in [4.78, 5) is 12.5. The van der Waals surface area contributed by atoms with E-state index in [1.54, 1.807) is 20.8 Å². The van der Waals surface area contributed by atoms with E-state index in [9.17, 15) is 4.79 Å². The fraction of sp³-hybridized carbons (Fsp3) is 0.889. The first-order valence-corrected chi connectivity index (χ1v) is 10.5. The summed E-state index contributed by atoms with van der Waals surface area (Å²) in [6.45, 7) is 9.56. The summed E-state index contributed by atoms with van der Waals surface area (Å²) in [7, 11) is 0. The zero-order valence-corrected chi connectivity index (χ0v) is 18.9. The van der Waals surface area contributed by atoms with E-state index in [1.165, 1.54) is 0 Å². The van der Waals surface area contributed by atoms with Gasteiger partial charge in [0.1, 0.15) is 18.3 Å². The van der Waals surface area contributed by atoms with E-state index >= 15 is 0 Å². The molecule has 2 saturated heterocycles. The highest BCUT2D eigenvalue weighted by Gasteiger charge is 2.53. The Bertz CT molecular complexity index is 582. The van der Waals surface area contributed by atoms with Crippen molar-refractivity contribution in [2.24, 2.45) is 11.8 Å². The molecule has 2 aliphatic heterocycles. The Morgan fingerprint density at radius 2 is 1.96 bits per heavy atom. The average Bonchev–Trinajstić information content (AvgIpc) is 2.57. The van der Waals surface area contributed by atoms with Gasteiger partial charge in [-0.25, -0.2) is 0 Å². The number of rotatable bonds is 5. The Morgan fingerprint density at radius 3 is 2.54 bits per heavy atom. The van der Waals surface area contributed by atoms with Gasteiger partial charge in [-0.2, -0.15) is 0 Å². The number of carbonyl (C=O) groups is 1. The molecule has 162 valence electrons. The van der Waals surface area contributed by atoms with Crippen LogP contribution >= 0.6 is 34.8 Å². The van der Waals surface area contributed by atoms with Gasteiger partial charge in [0.05, 0.1) is 12.5 Å². The number of esters is 1. The Hall–Kier alpha value is -0.310. The molecule has 2 aliphatic rings. The molecule has 0 radical (unpaired) electrons. The van der Waals surface area contributed by atoms with E-state index in [2.05, 4.69) is 0 Å². The van der Waals surface area contributed by atoms with Crippen LogP contribution in [0.15, 0.2) is 0 Å². The van der Waals surface area contributed by atoms with Crippen LogP contribution in [0.2, 0.25) is 0 Å². The number of carbonyl (C=O) groups excluding carboxylic acids is 1. The van der Waals surface area contributed by atoms with Crippen molar-refractivity contribution in [1.82, 2.24) is 0 Å². The van der Waals surface area contributed by atoms with E-state index in [-0.39, 0.29) is 18.5 Å². The third-order valence-corrected chi connectivity index (χ3v) is 5.45. The Kier molecular flexibility index (Phi) is 7.90. The van der Waals surface area contributed by atoms with Gasteiger partial charge in [-0.1, -0.05) is 62.0 Å². The molecule has 28 heavy (non-hydrogen) atoms. The lowest BCUT2D eigenvalue weighted by atomic mass is 9.91. The van der Waals surface area contributed by atoms with Crippen molar-refractivity contribution in [2.75, 3.05) is 6.61 Å². The van der Waals surface area contributed by atoms with Crippen molar-refractivity contribution >= 4 is 46.7 Å². The molecule has 0 amide bonds. The zero-order chi connectivity index (χ0) is 21.3. The Balaban J connectivity index is 2.19. The molecule has 2 heterocycles. The maximum Gasteiger partial charge on any atom is 0.306 e. The summed E-state index contributed by atoms with van der Waals surface area (Å²) in [6.07, 6.45) is -1.55. The number of fused-ring (bicyclic) bond motifs is 1. The molecule has 3 unspecified atom stereocenters. The van der Waals surface area contributed by atoms with Crippen LogP contribution in [0.1, 0.15) is 47.5 Å². The number of nitrogens with one attached hydrogen (secondary N) is 1. The summed E-state index contributed by atoms with van der Waals surface area (Å²) in [5.74, 6) is -2.01. The van der Waals surface area contributed by atoms with Gasteiger partial charge in [0.15, 0.2) is 5.79 Å². The van der Waals surface area contributed by atoms with E-state index in [4.69, 9.17) is 63.9 Å². The van der Waals surface area contributed by atoms with Crippen molar-refractivity contribution in [3.8, 4) is 0 Å². The van der Waals surface area contributed by atoms with Crippen molar-refractivity contribution in [3.63, 3.8) is 0 Å². The van der Waals surface area contributed by atoms with E-state index in [0.717, 1.165) is 6.42 Å². The molecule has 0 aromatic heterocycles. The van der Waals surface area contributed by atoms with E-state index < -0.39 is 46.0 Å². The smallest absolute Gasteiger partial charge is 0.306 e. The first-order valence-electron chi connectivity index (χ1n) is 9.33. The number of hydrogen-bond acceptors (Lipinski definition) is 7. The van der Waals surface area contributed by atoms with E-state index in [1.807, 2.05) is 13.8 Å². The Labute approximate surface area is 180 Å². The second kappa shape index (κ2) is 9.23. The highest BCUT2D eigenvalue weighted by molar-refractivity contribution is 6.76. The minimum atomic E-state index is -2.02. The van der Waals surface area contributed by atoms with Gasteiger partial charge in [0.25, 0.3) is 3.79 Å². The average molecular weight is 461 g/mol. The molecule has 2 rings (SSSR count). The van der Waals surface area contributed by atoms with E-state index in [0.29, 0.717) is 6.42 Å². The maximum absolute atomic E-state index is 12.5. The van der Waals surface area contributed by atoms with Crippen molar-refractivity contribution < 1.29 is 28.5 Å². The van der Waals surface area contributed by atoms with Crippen LogP contribution in [0.25, 0.3) is 0 Å². The number of halogens is 3. The summed E-state index contributed by atoms with van der Waals surface area (Å²) >= 11 is 17.1. The summed E-state index contributed by atoms with van der Waals surface area (Å²) in [5, 5.41) is 7.82. The fourth-order valence-electron chi connectivity index (χ4n) is 3.08. The highest BCUT2D eigenvalue weighted by atomic mass is 35.6. The molecule has 0 aromatic carbocycles. The van der Waals surface area contributed by atoms with Gasteiger partial charge in [-0.15, -0.1) is 0 Å². The minimum Gasteiger partial charge on any atom is -0.459 e. The quantitative estimate of drug-likeness (QED) is 0.286. The van der Waals surface area contributed by atoms with Crippen LogP contribution in [0.5, 0.6) is 0 Å². The second-order valence-electron chi connectivity index (χ2n) is 7.81. The van der Waals surface area contributed by atoms with Crippen LogP contribution in [-0.4, -0.2) is 52.7 Å². The van der Waals surface area contributed by atoms with Gasteiger partial charge in [-0.3, -0.25) is 10.2 Å². The Morgan fingerprint density at radius 1 is 1.32 bits per heavy atom. The predicted octanol–water partition coefficient (Wildman–Crippen LogP) is 4.21. The minimum absolute atomic E-state index is 0.204. The SMILES string of the molecule is CC[C@@H](C)CC(=O)O[C@@H]1C(C)C(OC(=N)C(Cl)(Cl)Cl)OC2COC(C)(C)O[C@H]21. The molecule has 6 atom stereocenters. The molecular weight excluding hydrogens is 433 g/mol. The van der Waals surface area contributed by atoms with Crippen molar-refractivity contribution in [2.45, 2.75) is 81.6 Å². The summed E-state index contributed by atoms with van der Waals surface area (Å²) in [6, 6.07) is 0. The summed E-state index contributed by atoms with van der Waals surface area (Å²) in [5.41, 5.74) is 0. The van der Waals surface area contributed by atoms with Gasteiger partial charge in [0.2, 0.25) is 12.2 Å². The van der Waals surface area contributed by atoms with Crippen LogP contribution in [-0.2, 0) is 28.5 Å². The number of ether oxygens (including phenoxy) is 5. The first kappa shape index (κ1) is 24.0. The van der Waals surface area contributed by atoms with Crippen LogP contribution in [0.4, 0.5) is 0 Å². The second-order valence-corrected chi connectivity index (χ2v) is 10.1. The van der Waals surface area contributed by atoms with Crippen LogP contribution in [0.3, 0.4) is 0 Å². The highest BCUT2D eigenvalue weighted by Crippen LogP contribution is 2.38. The molecule has 10 heteroatoms. The molecule has 0 aliphatic carbocycles. The lowest BCUT2D eigenvalue weighted by Crippen LogP contribution is -2.63. The molecule has 1 N–H and O–H groups in total. The first-order chi connectivity index (χ1) is 12.8. The third kappa shape index (κ3) is 6.09. The lowest BCUT2D eigenvalue weighted by Gasteiger charge is -2.50. The molecule has 0 saturated carbocycles. The largest absolute Gasteiger partial charge is 0.459 e. The fourth-order valence-corrected chi connectivity index (χ4v) is 3.22. The zero-order valence-electron chi connectivity index (χ0n) is 16.7. The summed E-state index contributed by atoms with van der Waals surface area (Å²) < 4.78 is 26.8. The third-order valence-electron chi connectivity index (χ3n) is 4.93. The predicted molar refractivity (Wildman–Crippen MR) is 106 cm³/mol. The normalized spacial score (nSPS) is 33.5. The molecular formula is C18H28Cl3NO6. The van der Waals surface area contributed by atoms with Crippen molar-refractivity contribution in [3.05, 3.63) is 0 Å².